The molecule has 0 bridgehead atoms. The number of ether oxygens (including phenoxy) is 1. The molecule has 0 spiro atoms. The molecule has 0 radical (unpaired) electrons. The summed E-state index contributed by atoms with van der Waals surface area (Å²) in [6.07, 6.45) is -5.23. The van der Waals surface area contributed by atoms with Crippen LogP contribution in [0.5, 0.6) is 0 Å². The molecule has 108 valence electrons. The van der Waals surface area contributed by atoms with Crippen LogP contribution in [0.3, 0.4) is 0 Å². The second-order valence-electron chi connectivity index (χ2n) is 4.81. The minimum atomic E-state index is -1.66. The number of hydrogen-bond acceptors (Lipinski definition) is 7. The van der Waals surface area contributed by atoms with Crippen LogP contribution in [-0.2, 0) is 14.3 Å². The van der Waals surface area contributed by atoms with Crippen LogP contribution in [0.4, 0.5) is 0 Å². The van der Waals surface area contributed by atoms with Crippen LogP contribution in [0.1, 0.15) is 12.8 Å². The molecule has 0 aromatic carbocycles. The summed E-state index contributed by atoms with van der Waals surface area (Å²) in [6, 6.07) is -0.615. The lowest BCUT2D eigenvalue weighted by molar-refractivity contribution is -0.186. The zero-order valence-corrected chi connectivity index (χ0v) is 10.2. The number of morpholine rings is 1. The first-order chi connectivity index (χ1) is 8.95. The molecule has 4 N–H and O–H groups in total. The van der Waals surface area contributed by atoms with Crippen molar-refractivity contribution in [3.05, 3.63) is 0 Å². The Balaban J connectivity index is 2.05. The molecule has 1 amide bonds. The summed E-state index contributed by atoms with van der Waals surface area (Å²) in [4.78, 5) is 24.6. The Morgan fingerprint density at radius 1 is 1.32 bits per heavy atom. The van der Waals surface area contributed by atoms with E-state index in [0.29, 0.717) is 6.42 Å². The Hall–Kier alpha value is -1.22. The molecule has 0 aliphatic carbocycles. The fourth-order valence-electron chi connectivity index (χ4n) is 2.40. The van der Waals surface area contributed by atoms with Gasteiger partial charge in [0.2, 0.25) is 5.91 Å². The largest absolute Gasteiger partial charge is 0.456 e. The predicted molar refractivity (Wildman–Crippen MR) is 59.7 cm³/mol. The van der Waals surface area contributed by atoms with Crippen molar-refractivity contribution in [2.75, 3.05) is 13.2 Å². The summed E-state index contributed by atoms with van der Waals surface area (Å²) in [5, 5.41) is 37.4. The Bertz CT molecular complexity index is 374. The van der Waals surface area contributed by atoms with Gasteiger partial charge in [0.25, 0.3) is 0 Å². The minimum absolute atomic E-state index is 0.0222. The van der Waals surface area contributed by atoms with Crippen LogP contribution in [0.2, 0.25) is 0 Å². The first kappa shape index (κ1) is 14.2. The number of carbonyl (C=O) groups excluding carboxylic acids is 2. The highest BCUT2D eigenvalue weighted by Crippen LogP contribution is 2.26. The molecule has 2 aliphatic rings. The number of rotatable bonds is 4. The first-order valence-electron chi connectivity index (χ1n) is 6.10. The van der Waals surface area contributed by atoms with Crippen LogP contribution in [-0.4, -0.2) is 80.8 Å². The summed E-state index contributed by atoms with van der Waals surface area (Å²) in [7, 11) is 0. The SMILES string of the molecule is O=C1OC(C(O)C(O)C(O)CO)CN2C(=O)CCC12. The Labute approximate surface area is 109 Å². The maximum absolute atomic E-state index is 11.7. The molecule has 2 rings (SSSR count). The van der Waals surface area contributed by atoms with Gasteiger partial charge < -0.3 is 30.1 Å². The molecular formula is C11H17NO7. The van der Waals surface area contributed by atoms with Gasteiger partial charge in [-0.05, 0) is 6.42 Å². The fourth-order valence-corrected chi connectivity index (χ4v) is 2.40. The number of cyclic esters (lactones) is 1. The smallest absolute Gasteiger partial charge is 0.329 e. The van der Waals surface area contributed by atoms with Gasteiger partial charge in [0, 0.05) is 6.42 Å². The first-order valence-corrected chi connectivity index (χ1v) is 6.10. The molecule has 19 heavy (non-hydrogen) atoms. The van der Waals surface area contributed by atoms with E-state index in [9.17, 15) is 24.9 Å². The zero-order valence-electron chi connectivity index (χ0n) is 10.2. The highest BCUT2D eigenvalue weighted by Gasteiger charge is 2.46. The monoisotopic (exact) mass is 275 g/mol. The van der Waals surface area contributed by atoms with Crippen molar-refractivity contribution in [2.45, 2.75) is 43.3 Å². The van der Waals surface area contributed by atoms with Gasteiger partial charge in [0.1, 0.15) is 30.5 Å². The van der Waals surface area contributed by atoms with Crippen LogP contribution in [0, 0.1) is 0 Å². The lowest BCUT2D eigenvalue weighted by atomic mass is 10.0. The van der Waals surface area contributed by atoms with Gasteiger partial charge in [-0.15, -0.1) is 0 Å². The molecule has 0 aromatic rings. The van der Waals surface area contributed by atoms with Crippen molar-refractivity contribution in [3.8, 4) is 0 Å². The van der Waals surface area contributed by atoms with Crippen LogP contribution in [0.25, 0.3) is 0 Å². The highest BCUT2D eigenvalue weighted by molar-refractivity contribution is 5.89. The van der Waals surface area contributed by atoms with Crippen molar-refractivity contribution >= 4 is 11.9 Å². The van der Waals surface area contributed by atoms with Gasteiger partial charge in [0.15, 0.2) is 0 Å². The van der Waals surface area contributed by atoms with E-state index < -0.39 is 43.0 Å². The molecule has 0 saturated carbocycles. The van der Waals surface area contributed by atoms with E-state index in [1.807, 2.05) is 0 Å². The van der Waals surface area contributed by atoms with E-state index in [4.69, 9.17) is 9.84 Å². The quantitative estimate of drug-likeness (QED) is 0.402. The van der Waals surface area contributed by atoms with Crippen LogP contribution >= 0.6 is 0 Å². The van der Waals surface area contributed by atoms with E-state index in [0.717, 1.165) is 0 Å². The maximum Gasteiger partial charge on any atom is 0.329 e. The third kappa shape index (κ3) is 2.57. The van der Waals surface area contributed by atoms with Gasteiger partial charge in [-0.2, -0.15) is 0 Å². The minimum Gasteiger partial charge on any atom is -0.456 e. The van der Waals surface area contributed by atoms with Gasteiger partial charge in [-0.3, -0.25) is 4.79 Å². The zero-order chi connectivity index (χ0) is 14.2. The van der Waals surface area contributed by atoms with E-state index in [1.54, 1.807) is 0 Å². The van der Waals surface area contributed by atoms with Crippen molar-refractivity contribution in [3.63, 3.8) is 0 Å². The van der Waals surface area contributed by atoms with Crippen molar-refractivity contribution < 1.29 is 34.8 Å². The number of aliphatic hydroxyl groups excluding tert-OH is 4. The molecule has 0 aromatic heterocycles. The van der Waals surface area contributed by atoms with Gasteiger partial charge >= 0.3 is 5.97 Å². The average molecular weight is 275 g/mol. The molecule has 2 saturated heterocycles. The molecule has 2 fully saturated rings. The standard InChI is InChI=1S/C11H17NO7/c13-4-6(14)9(16)10(17)7-3-12-5(11(18)19-7)1-2-8(12)15/h5-7,9-10,13-14,16-17H,1-4H2. The second kappa shape index (κ2) is 5.41. The molecular weight excluding hydrogens is 258 g/mol. The number of fused-ring (bicyclic) bond motifs is 1. The summed E-state index contributed by atoms with van der Waals surface area (Å²) in [5.41, 5.74) is 0. The number of esters is 1. The lowest BCUT2D eigenvalue weighted by Gasteiger charge is -2.37. The van der Waals surface area contributed by atoms with Crippen LogP contribution < -0.4 is 0 Å². The molecule has 5 unspecified atom stereocenters. The number of carbonyl (C=O) groups is 2. The van der Waals surface area contributed by atoms with Gasteiger partial charge in [-0.1, -0.05) is 0 Å². The lowest BCUT2D eigenvalue weighted by Crippen LogP contribution is -2.58. The highest BCUT2D eigenvalue weighted by atomic mass is 16.6. The average Bonchev–Trinajstić information content (AvgIpc) is 2.78. The summed E-state index contributed by atoms with van der Waals surface area (Å²) in [5.74, 6) is -0.817. The third-order valence-corrected chi connectivity index (χ3v) is 3.56. The van der Waals surface area contributed by atoms with E-state index in [2.05, 4.69) is 0 Å². The van der Waals surface area contributed by atoms with Crippen LogP contribution in [0.15, 0.2) is 0 Å². The Morgan fingerprint density at radius 3 is 2.63 bits per heavy atom. The third-order valence-electron chi connectivity index (χ3n) is 3.56. The molecule has 8 heteroatoms. The predicted octanol–water partition coefficient (Wildman–Crippen LogP) is -3.02. The van der Waals surface area contributed by atoms with Gasteiger partial charge in [0.05, 0.1) is 13.2 Å². The fraction of sp³-hybridized carbons (Fsp3) is 0.818. The number of aliphatic hydroxyl groups is 4. The van der Waals surface area contributed by atoms with Crippen molar-refractivity contribution in [1.29, 1.82) is 0 Å². The second-order valence-corrected chi connectivity index (χ2v) is 4.81. The summed E-state index contributed by atoms with van der Waals surface area (Å²) in [6.45, 7) is -0.754. The molecule has 8 nitrogen and oxygen atoms in total. The normalized spacial score (nSPS) is 31.7. The maximum atomic E-state index is 11.7. The number of nitrogens with zero attached hydrogens (tertiary/aromatic N) is 1. The Kier molecular flexibility index (Phi) is 4.04. The Morgan fingerprint density at radius 2 is 2.00 bits per heavy atom. The van der Waals surface area contributed by atoms with Crippen molar-refractivity contribution in [1.82, 2.24) is 4.90 Å². The molecule has 5 atom stereocenters. The van der Waals surface area contributed by atoms with Gasteiger partial charge in [-0.25, -0.2) is 4.79 Å². The number of hydrogen-bond donors (Lipinski definition) is 4. The van der Waals surface area contributed by atoms with E-state index in [1.165, 1.54) is 4.90 Å². The topological polar surface area (TPSA) is 128 Å². The molecule has 2 heterocycles. The summed E-state index contributed by atoms with van der Waals surface area (Å²) < 4.78 is 4.99. The molecule has 2 aliphatic heterocycles. The van der Waals surface area contributed by atoms with E-state index >= 15 is 0 Å². The summed E-state index contributed by atoms with van der Waals surface area (Å²) >= 11 is 0. The van der Waals surface area contributed by atoms with Crippen molar-refractivity contribution in [2.24, 2.45) is 0 Å². The van der Waals surface area contributed by atoms with E-state index in [-0.39, 0.29) is 18.9 Å². The number of amides is 1.